The van der Waals surface area contributed by atoms with Gasteiger partial charge in [-0.05, 0) is 35.9 Å². The van der Waals surface area contributed by atoms with E-state index in [2.05, 4.69) is 16.1 Å². The second-order valence-corrected chi connectivity index (χ2v) is 6.00. The third-order valence-electron chi connectivity index (χ3n) is 4.16. The minimum atomic E-state index is -0.0552. The van der Waals surface area contributed by atoms with Crippen LogP contribution in [0.15, 0.2) is 96.1 Å². The van der Waals surface area contributed by atoms with E-state index in [0.717, 1.165) is 22.5 Å². The first-order chi connectivity index (χ1) is 12.8. The standard InChI is InChI=1S/C22H17N3O/c26-22-12-14-25(19-9-2-1-3-10-19)24-21(22)16-17-7-6-8-18(15-17)20-11-4-5-13-23-20/h1-15H,16H2. The van der Waals surface area contributed by atoms with Crippen LogP contribution in [0.25, 0.3) is 16.9 Å². The Morgan fingerprint density at radius 3 is 2.50 bits per heavy atom. The summed E-state index contributed by atoms with van der Waals surface area (Å²) in [6.45, 7) is 0. The molecule has 0 aliphatic carbocycles. The minimum absolute atomic E-state index is 0.0552. The van der Waals surface area contributed by atoms with Gasteiger partial charge in [0.05, 0.1) is 11.4 Å². The van der Waals surface area contributed by atoms with Crippen LogP contribution in [0, 0.1) is 0 Å². The fourth-order valence-electron chi connectivity index (χ4n) is 2.86. The number of hydrogen-bond acceptors (Lipinski definition) is 3. The summed E-state index contributed by atoms with van der Waals surface area (Å²) in [7, 11) is 0. The van der Waals surface area contributed by atoms with Crippen LogP contribution in [-0.4, -0.2) is 14.8 Å². The van der Waals surface area contributed by atoms with Gasteiger partial charge in [0.1, 0.15) is 5.69 Å². The maximum atomic E-state index is 12.3. The summed E-state index contributed by atoms with van der Waals surface area (Å²) in [6, 6.07) is 25.2. The maximum absolute atomic E-state index is 12.3. The lowest BCUT2D eigenvalue weighted by Gasteiger charge is -2.08. The molecule has 2 aromatic heterocycles. The molecule has 0 aliphatic rings. The zero-order valence-electron chi connectivity index (χ0n) is 14.1. The molecule has 0 fully saturated rings. The van der Waals surface area contributed by atoms with Gasteiger partial charge in [-0.25, -0.2) is 4.68 Å². The molecule has 0 amide bonds. The zero-order valence-corrected chi connectivity index (χ0v) is 14.1. The van der Waals surface area contributed by atoms with Crippen LogP contribution >= 0.6 is 0 Å². The molecule has 126 valence electrons. The highest BCUT2D eigenvalue weighted by atomic mass is 16.1. The summed E-state index contributed by atoms with van der Waals surface area (Å²) in [4.78, 5) is 16.7. The largest absolute Gasteiger partial charge is 0.288 e. The van der Waals surface area contributed by atoms with E-state index in [1.165, 1.54) is 0 Å². The molecule has 0 saturated carbocycles. The van der Waals surface area contributed by atoms with Gasteiger partial charge in [-0.1, -0.05) is 42.5 Å². The van der Waals surface area contributed by atoms with Crippen molar-refractivity contribution >= 4 is 0 Å². The van der Waals surface area contributed by atoms with Crippen LogP contribution in [0.3, 0.4) is 0 Å². The second-order valence-electron chi connectivity index (χ2n) is 6.00. The first-order valence-electron chi connectivity index (χ1n) is 8.44. The van der Waals surface area contributed by atoms with E-state index >= 15 is 0 Å². The molecule has 0 aliphatic heterocycles. The van der Waals surface area contributed by atoms with Gasteiger partial charge in [-0.2, -0.15) is 5.10 Å². The highest BCUT2D eigenvalue weighted by molar-refractivity contribution is 5.59. The molecule has 4 rings (SSSR count). The van der Waals surface area contributed by atoms with Crippen molar-refractivity contribution in [3.05, 3.63) is 113 Å². The number of pyridine rings is 1. The summed E-state index contributed by atoms with van der Waals surface area (Å²) in [5.74, 6) is 0. The molecular formula is C22H17N3O. The van der Waals surface area contributed by atoms with Gasteiger partial charge >= 0.3 is 0 Å². The number of benzene rings is 2. The predicted molar refractivity (Wildman–Crippen MR) is 102 cm³/mol. The normalized spacial score (nSPS) is 10.6. The van der Waals surface area contributed by atoms with Crippen molar-refractivity contribution in [1.82, 2.24) is 14.8 Å². The lowest BCUT2D eigenvalue weighted by molar-refractivity contribution is 0.792. The average Bonchev–Trinajstić information content (AvgIpc) is 2.71. The molecule has 4 nitrogen and oxygen atoms in total. The average molecular weight is 339 g/mol. The highest BCUT2D eigenvalue weighted by Crippen LogP contribution is 2.18. The summed E-state index contributed by atoms with van der Waals surface area (Å²) < 4.78 is 1.74. The number of hydrogen-bond donors (Lipinski definition) is 0. The summed E-state index contributed by atoms with van der Waals surface area (Å²) in [5, 5.41) is 4.53. The smallest absolute Gasteiger partial charge is 0.203 e. The van der Waals surface area contributed by atoms with E-state index in [4.69, 9.17) is 0 Å². The molecular weight excluding hydrogens is 322 g/mol. The van der Waals surface area contributed by atoms with Crippen molar-refractivity contribution in [3.63, 3.8) is 0 Å². The fourth-order valence-corrected chi connectivity index (χ4v) is 2.86. The van der Waals surface area contributed by atoms with Gasteiger partial charge in [-0.3, -0.25) is 9.78 Å². The molecule has 0 radical (unpaired) electrons. The van der Waals surface area contributed by atoms with E-state index < -0.39 is 0 Å². The maximum Gasteiger partial charge on any atom is 0.203 e. The Morgan fingerprint density at radius 1 is 0.846 bits per heavy atom. The fraction of sp³-hybridized carbons (Fsp3) is 0.0455. The third kappa shape index (κ3) is 3.44. The second kappa shape index (κ2) is 7.15. The Labute approximate surface area is 151 Å². The molecule has 4 aromatic rings. The van der Waals surface area contributed by atoms with Gasteiger partial charge < -0.3 is 0 Å². The molecule has 4 heteroatoms. The van der Waals surface area contributed by atoms with Crippen LogP contribution < -0.4 is 5.43 Å². The van der Waals surface area contributed by atoms with Crippen LogP contribution in [0.2, 0.25) is 0 Å². The van der Waals surface area contributed by atoms with Crippen LogP contribution in [0.5, 0.6) is 0 Å². The molecule has 26 heavy (non-hydrogen) atoms. The molecule has 2 heterocycles. The first kappa shape index (κ1) is 16.0. The van der Waals surface area contributed by atoms with Crippen LogP contribution in [0.4, 0.5) is 0 Å². The SMILES string of the molecule is O=c1ccn(-c2ccccc2)nc1Cc1cccc(-c2ccccn2)c1. The molecule has 0 saturated heterocycles. The van der Waals surface area contributed by atoms with Crippen molar-refractivity contribution in [2.24, 2.45) is 0 Å². The third-order valence-corrected chi connectivity index (χ3v) is 4.16. The Balaban J connectivity index is 1.67. The first-order valence-corrected chi connectivity index (χ1v) is 8.44. The van der Waals surface area contributed by atoms with E-state index in [-0.39, 0.29) is 5.43 Å². The van der Waals surface area contributed by atoms with Crippen LogP contribution in [0.1, 0.15) is 11.3 Å². The van der Waals surface area contributed by atoms with Gasteiger partial charge in [-0.15, -0.1) is 0 Å². The number of rotatable bonds is 4. The molecule has 2 aromatic carbocycles. The lowest BCUT2D eigenvalue weighted by Crippen LogP contribution is -2.16. The van der Waals surface area contributed by atoms with Crippen molar-refractivity contribution in [1.29, 1.82) is 0 Å². The van der Waals surface area contributed by atoms with Crippen molar-refractivity contribution in [3.8, 4) is 16.9 Å². The topological polar surface area (TPSA) is 47.8 Å². The Kier molecular flexibility index (Phi) is 4.39. The monoisotopic (exact) mass is 339 g/mol. The Morgan fingerprint density at radius 2 is 1.69 bits per heavy atom. The number of nitrogens with zero attached hydrogens (tertiary/aromatic N) is 3. The molecule has 0 N–H and O–H groups in total. The Hall–Kier alpha value is -3.53. The summed E-state index contributed by atoms with van der Waals surface area (Å²) in [6.07, 6.45) is 3.96. The van der Waals surface area contributed by atoms with Gasteiger partial charge in [0, 0.05) is 30.4 Å². The quantitative estimate of drug-likeness (QED) is 0.567. The van der Waals surface area contributed by atoms with Crippen molar-refractivity contribution in [2.45, 2.75) is 6.42 Å². The van der Waals surface area contributed by atoms with Gasteiger partial charge in [0.25, 0.3) is 0 Å². The summed E-state index contributed by atoms with van der Waals surface area (Å²) in [5.41, 5.74) is 4.37. The number of para-hydroxylation sites is 1. The minimum Gasteiger partial charge on any atom is -0.288 e. The van der Waals surface area contributed by atoms with Crippen molar-refractivity contribution < 1.29 is 0 Å². The Bertz CT molecular complexity index is 1070. The molecule has 0 bridgehead atoms. The van der Waals surface area contributed by atoms with Crippen LogP contribution in [-0.2, 0) is 6.42 Å². The van der Waals surface area contributed by atoms with Gasteiger partial charge in [0.15, 0.2) is 0 Å². The van der Waals surface area contributed by atoms with Gasteiger partial charge in [0.2, 0.25) is 5.43 Å². The van der Waals surface area contributed by atoms with E-state index in [0.29, 0.717) is 12.1 Å². The highest BCUT2D eigenvalue weighted by Gasteiger charge is 2.07. The molecule has 0 unspecified atom stereocenters. The van der Waals surface area contributed by atoms with Crippen molar-refractivity contribution in [2.75, 3.05) is 0 Å². The van der Waals surface area contributed by atoms with E-state index in [1.807, 2.05) is 66.7 Å². The summed E-state index contributed by atoms with van der Waals surface area (Å²) >= 11 is 0. The predicted octanol–water partition coefficient (Wildman–Crippen LogP) is 3.89. The molecule has 0 atom stereocenters. The lowest BCUT2D eigenvalue weighted by atomic mass is 10.0. The zero-order chi connectivity index (χ0) is 17.8. The molecule has 0 spiro atoms. The van der Waals surface area contributed by atoms with E-state index in [1.54, 1.807) is 23.1 Å². The van der Waals surface area contributed by atoms with E-state index in [9.17, 15) is 4.79 Å². The number of aromatic nitrogens is 3.